The second-order valence-electron chi connectivity index (χ2n) is 11.1. The molecular weight excluding hydrogens is 456 g/mol. The van der Waals surface area contributed by atoms with E-state index in [1.807, 2.05) is 0 Å². The lowest BCUT2D eigenvalue weighted by atomic mass is 9.48. The van der Waals surface area contributed by atoms with Crippen LogP contribution in [0.15, 0.2) is 23.3 Å². The highest BCUT2D eigenvalue weighted by atomic mass is 16.6. The largest absolute Gasteiger partial charge is 0.458 e. The second-order valence-corrected chi connectivity index (χ2v) is 11.1. The molecule has 8 atom stereocenters. The fourth-order valence-electron chi connectivity index (χ4n) is 6.55. The van der Waals surface area contributed by atoms with Crippen molar-refractivity contribution < 1.29 is 43.9 Å². The van der Waals surface area contributed by atoms with Gasteiger partial charge in [-0.05, 0) is 36.0 Å². The second kappa shape index (κ2) is 9.01. The van der Waals surface area contributed by atoms with Crippen LogP contribution in [0.25, 0.3) is 0 Å². The van der Waals surface area contributed by atoms with Crippen LogP contribution in [-0.4, -0.2) is 69.3 Å². The summed E-state index contributed by atoms with van der Waals surface area (Å²) in [6, 6.07) is 0. The molecule has 3 N–H and O–H groups in total. The van der Waals surface area contributed by atoms with Crippen molar-refractivity contribution in [2.45, 2.75) is 104 Å². The van der Waals surface area contributed by atoms with E-state index in [4.69, 9.17) is 14.2 Å². The van der Waals surface area contributed by atoms with E-state index in [0.29, 0.717) is 16.7 Å². The van der Waals surface area contributed by atoms with Gasteiger partial charge in [-0.3, -0.25) is 14.4 Å². The lowest BCUT2D eigenvalue weighted by Gasteiger charge is -2.61. The Bertz CT molecular complexity index is 966. The monoisotopic (exact) mass is 494 g/mol. The Morgan fingerprint density at radius 2 is 1.43 bits per heavy atom. The molecule has 3 aliphatic carbocycles. The van der Waals surface area contributed by atoms with E-state index in [9.17, 15) is 29.7 Å². The average molecular weight is 495 g/mol. The average Bonchev–Trinajstić information content (AvgIpc) is 2.70. The van der Waals surface area contributed by atoms with Gasteiger partial charge in [0.1, 0.15) is 18.3 Å². The Hall–Kier alpha value is -2.23. The number of carbonyl (C=O) groups excluding carboxylic acids is 3. The van der Waals surface area contributed by atoms with Crippen LogP contribution < -0.4 is 0 Å². The van der Waals surface area contributed by atoms with Gasteiger partial charge in [-0.15, -0.1) is 0 Å². The smallest absolute Gasteiger partial charge is 0.303 e. The molecule has 0 radical (unpaired) electrons. The molecule has 2 fully saturated rings. The Balaban J connectivity index is 2.29. The minimum absolute atomic E-state index is 0.00515. The van der Waals surface area contributed by atoms with Crippen LogP contribution in [0.5, 0.6) is 0 Å². The van der Waals surface area contributed by atoms with E-state index in [1.165, 1.54) is 20.8 Å². The number of fused-ring (bicyclic) bond motifs is 3. The maximum atomic E-state index is 12.2. The summed E-state index contributed by atoms with van der Waals surface area (Å²) in [6.45, 7) is 14.9. The summed E-state index contributed by atoms with van der Waals surface area (Å²) in [5.74, 6) is -2.44. The van der Waals surface area contributed by atoms with E-state index in [-0.39, 0.29) is 19.3 Å². The third-order valence-corrected chi connectivity index (χ3v) is 8.69. The first kappa shape index (κ1) is 27.4. The van der Waals surface area contributed by atoms with Gasteiger partial charge in [0.15, 0.2) is 6.10 Å². The number of rotatable bonds is 3. The van der Waals surface area contributed by atoms with Gasteiger partial charge in [-0.25, -0.2) is 0 Å². The van der Waals surface area contributed by atoms with Crippen molar-refractivity contribution in [3.05, 3.63) is 23.3 Å². The summed E-state index contributed by atoms with van der Waals surface area (Å²) >= 11 is 0. The van der Waals surface area contributed by atoms with E-state index in [2.05, 4.69) is 6.58 Å². The zero-order valence-corrected chi connectivity index (χ0v) is 21.6. The standard InChI is InChI=1S/C26H38O9/c1-12-17-10-26(32)11-19(34-15(4)28)13(2)21(24(26,6)7)22(35-16(5)29)23(31)25(17,8)20(30)9-18(12)33-14(3)27/h17-20,22-23,30-32H,1,9-11H2,2-8H3. The van der Waals surface area contributed by atoms with Crippen molar-refractivity contribution in [3.8, 4) is 0 Å². The molecule has 0 spiro atoms. The van der Waals surface area contributed by atoms with Crippen molar-refractivity contribution in [1.82, 2.24) is 0 Å². The number of esters is 3. The molecule has 0 heterocycles. The molecule has 0 aromatic rings. The maximum absolute atomic E-state index is 12.2. The van der Waals surface area contributed by atoms with Crippen LogP contribution in [0.1, 0.15) is 67.7 Å². The minimum Gasteiger partial charge on any atom is -0.458 e. The quantitative estimate of drug-likeness (QED) is 0.305. The number of carbonyl (C=O) groups is 3. The third kappa shape index (κ3) is 4.32. The first-order chi connectivity index (χ1) is 16.0. The molecule has 0 aromatic carbocycles. The molecule has 35 heavy (non-hydrogen) atoms. The number of aliphatic hydroxyl groups excluding tert-OH is 2. The van der Waals surface area contributed by atoms with Gasteiger partial charge in [0.2, 0.25) is 0 Å². The van der Waals surface area contributed by atoms with Crippen molar-refractivity contribution in [2.24, 2.45) is 16.7 Å². The van der Waals surface area contributed by atoms with E-state index < -0.39 is 70.8 Å². The topological polar surface area (TPSA) is 140 Å². The van der Waals surface area contributed by atoms with Crippen molar-refractivity contribution >= 4 is 17.9 Å². The molecule has 9 heteroatoms. The molecule has 196 valence electrons. The van der Waals surface area contributed by atoms with Gasteiger partial charge >= 0.3 is 17.9 Å². The SMILES string of the molecule is C=C1C(OC(C)=O)CC(O)C2(C)C1CC1(O)CC(OC(C)=O)C(C)=C(C(OC(C)=O)C2O)C1(C)C. The first-order valence-electron chi connectivity index (χ1n) is 12.0. The highest BCUT2D eigenvalue weighted by Crippen LogP contribution is 2.61. The Kier molecular flexibility index (Phi) is 7.05. The Morgan fingerprint density at radius 3 is 1.94 bits per heavy atom. The molecule has 0 aromatic heterocycles. The minimum atomic E-state index is -1.51. The van der Waals surface area contributed by atoms with E-state index in [1.54, 1.807) is 27.7 Å². The summed E-state index contributed by atoms with van der Waals surface area (Å²) in [5.41, 5.74) is -2.32. The van der Waals surface area contributed by atoms with Crippen LogP contribution in [0.2, 0.25) is 0 Å². The van der Waals surface area contributed by atoms with Gasteiger partial charge in [0.05, 0.1) is 11.7 Å². The molecule has 8 unspecified atom stereocenters. The number of aliphatic hydroxyl groups is 3. The van der Waals surface area contributed by atoms with Crippen molar-refractivity contribution in [1.29, 1.82) is 0 Å². The summed E-state index contributed by atoms with van der Waals surface area (Å²) in [5, 5.41) is 35.4. The normalized spacial score (nSPS) is 40.7. The fraction of sp³-hybridized carbons (Fsp3) is 0.731. The predicted molar refractivity (Wildman–Crippen MR) is 125 cm³/mol. The highest BCUT2D eigenvalue weighted by molar-refractivity contribution is 5.68. The van der Waals surface area contributed by atoms with Crippen LogP contribution in [-0.2, 0) is 28.6 Å². The molecule has 0 saturated heterocycles. The molecule has 3 aliphatic rings. The van der Waals surface area contributed by atoms with Gasteiger partial charge < -0.3 is 29.5 Å². The Labute approximate surface area is 206 Å². The molecule has 9 nitrogen and oxygen atoms in total. The molecular formula is C26H38O9. The number of ether oxygens (including phenoxy) is 3. The lowest BCUT2D eigenvalue weighted by molar-refractivity contribution is -0.209. The lowest BCUT2D eigenvalue weighted by Crippen LogP contribution is -2.67. The Morgan fingerprint density at radius 1 is 0.914 bits per heavy atom. The van der Waals surface area contributed by atoms with Gasteiger partial charge in [0.25, 0.3) is 0 Å². The number of hydrogen-bond donors (Lipinski definition) is 3. The molecule has 0 amide bonds. The summed E-state index contributed by atoms with van der Waals surface area (Å²) < 4.78 is 16.7. The molecule has 0 aliphatic heterocycles. The number of hydrogen-bond acceptors (Lipinski definition) is 9. The van der Waals surface area contributed by atoms with Crippen LogP contribution >= 0.6 is 0 Å². The van der Waals surface area contributed by atoms with Crippen molar-refractivity contribution in [3.63, 3.8) is 0 Å². The summed E-state index contributed by atoms with van der Waals surface area (Å²) in [4.78, 5) is 35.8. The van der Waals surface area contributed by atoms with Crippen LogP contribution in [0.3, 0.4) is 0 Å². The highest BCUT2D eigenvalue weighted by Gasteiger charge is 2.65. The predicted octanol–water partition coefficient (Wildman–Crippen LogP) is 1.97. The van der Waals surface area contributed by atoms with Crippen molar-refractivity contribution in [2.75, 3.05) is 0 Å². The fourth-order valence-corrected chi connectivity index (χ4v) is 6.55. The maximum Gasteiger partial charge on any atom is 0.303 e. The van der Waals surface area contributed by atoms with E-state index >= 15 is 0 Å². The molecule has 3 rings (SSSR count). The van der Waals surface area contributed by atoms with Crippen LogP contribution in [0.4, 0.5) is 0 Å². The molecule has 2 saturated carbocycles. The zero-order chi connectivity index (χ0) is 26.7. The summed E-state index contributed by atoms with van der Waals surface area (Å²) in [6.07, 6.45) is -5.29. The summed E-state index contributed by atoms with van der Waals surface area (Å²) in [7, 11) is 0. The van der Waals surface area contributed by atoms with E-state index in [0.717, 1.165) is 0 Å². The third-order valence-electron chi connectivity index (χ3n) is 8.69. The van der Waals surface area contributed by atoms with Gasteiger partial charge in [0, 0.05) is 44.4 Å². The zero-order valence-electron chi connectivity index (χ0n) is 21.6. The van der Waals surface area contributed by atoms with Crippen LogP contribution in [0, 0.1) is 16.7 Å². The van der Waals surface area contributed by atoms with Gasteiger partial charge in [-0.1, -0.05) is 27.4 Å². The van der Waals surface area contributed by atoms with Gasteiger partial charge in [-0.2, -0.15) is 0 Å². The first-order valence-corrected chi connectivity index (χ1v) is 12.0. The molecule has 2 bridgehead atoms.